The maximum absolute atomic E-state index is 14.6. The molecule has 59 heavy (non-hydrogen) atoms. The fraction of sp³-hybridized carbons (Fsp3) is 0.627. The summed E-state index contributed by atoms with van der Waals surface area (Å²) in [5.41, 5.74) is -0.457. The minimum Gasteiger partial charge on any atom is -0.396 e. The first-order chi connectivity index (χ1) is 28.4. The van der Waals surface area contributed by atoms with Gasteiger partial charge in [-0.1, -0.05) is 92.3 Å². The monoisotopic (exact) mass is 802 g/mol. The van der Waals surface area contributed by atoms with Crippen LogP contribution >= 0.6 is 0 Å². The van der Waals surface area contributed by atoms with E-state index in [0.717, 1.165) is 43.2 Å². The molecule has 8 nitrogen and oxygen atoms in total. The average Bonchev–Trinajstić information content (AvgIpc) is 3.77. The Kier molecular flexibility index (Phi) is 11.0. The van der Waals surface area contributed by atoms with Crippen molar-refractivity contribution in [2.75, 3.05) is 19.8 Å². The first kappa shape index (κ1) is 41.1. The maximum Gasteiger partial charge on any atom is 0.159 e. The molecule has 4 fully saturated rings. The summed E-state index contributed by atoms with van der Waals surface area (Å²) in [4.78, 5) is 14.6. The number of hydrogen-bond donors (Lipinski definition) is 4. The highest BCUT2D eigenvalue weighted by molar-refractivity contribution is 5.95. The number of ether oxygens (including phenoxy) is 3. The highest BCUT2D eigenvalue weighted by Gasteiger charge is 2.73. The SMILES string of the molecule is C[C@@]1(O)[C@H](O)[C@H]2O[C@@H]([C@H](CCCc3ccccc3)[C@H]2CO)[C@H](O)C#CC[C@@H]2C[C@H]3C4=CC(=O)[C@@H]5C[C@H](CC[C@@]53C)OC[C@H](c3ccccc3)C#CCO[C@]43CC[C@H]1[C@@]23C. The molecular weight excluding hydrogens is 741 g/mol. The predicted octanol–water partition coefficient (Wildman–Crippen LogP) is 6.19. The van der Waals surface area contributed by atoms with Crippen LogP contribution in [0.3, 0.4) is 0 Å². The Morgan fingerprint density at radius 3 is 2.39 bits per heavy atom. The van der Waals surface area contributed by atoms with Crippen molar-refractivity contribution in [1.29, 1.82) is 0 Å². The predicted molar refractivity (Wildman–Crippen MR) is 223 cm³/mol. The van der Waals surface area contributed by atoms with E-state index in [-0.39, 0.29) is 60.1 Å². The third-order valence-corrected chi connectivity index (χ3v) is 17.0. The van der Waals surface area contributed by atoms with Crippen LogP contribution in [0.2, 0.25) is 0 Å². The lowest BCUT2D eigenvalue weighted by atomic mass is 9.42. The van der Waals surface area contributed by atoms with Crippen LogP contribution in [0.15, 0.2) is 72.3 Å². The molecule has 8 bridgehead atoms. The summed E-state index contributed by atoms with van der Waals surface area (Å²) in [5, 5.41) is 48.4. The molecule has 4 N–H and O–H groups in total. The second-order valence-electron chi connectivity index (χ2n) is 19.6. The second kappa shape index (κ2) is 15.9. The molecule has 0 radical (unpaired) electrons. The summed E-state index contributed by atoms with van der Waals surface area (Å²) in [6.07, 6.45) is 4.67. The van der Waals surface area contributed by atoms with E-state index in [9.17, 15) is 25.2 Å². The fourth-order valence-corrected chi connectivity index (χ4v) is 13.8. The van der Waals surface area contributed by atoms with E-state index in [1.165, 1.54) is 5.56 Å². The van der Waals surface area contributed by atoms with Crippen LogP contribution in [0.5, 0.6) is 0 Å². The number of aliphatic hydroxyl groups is 4. The van der Waals surface area contributed by atoms with Crippen molar-refractivity contribution < 1.29 is 39.4 Å². The molecule has 8 heteroatoms. The second-order valence-corrected chi connectivity index (χ2v) is 19.6. The Hall–Kier alpha value is -3.31. The molecule has 3 saturated carbocycles. The lowest BCUT2D eigenvalue weighted by Crippen LogP contribution is -2.66. The molecule has 1 saturated heterocycles. The number of fused-ring (bicyclic) bond motifs is 4. The van der Waals surface area contributed by atoms with Crippen LogP contribution < -0.4 is 0 Å². The zero-order chi connectivity index (χ0) is 41.2. The van der Waals surface area contributed by atoms with Crippen LogP contribution in [0, 0.1) is 70.0 Å². The summed E-state index contributed by atoms with van der Waals surface area (Å²) in [6.45, 7) is 6.53. The number of aryl methyl sites for hydroxylation is 1. The number of carbonyl (C=O) groups excluding carboxylic acids is 1. The highest BCUT2D eigenvalue weighted by atomic mass is 16.5. The van der Waals surface area contributed by atoms with Gasteiger partial charge in [-0.15, -0.1) is 5.92 Å². The number of ketones is 1. The fourth-order valence-electron chi connectivity index (χ4n) is 13.8. The Bertz CT molecular complexity index is 2020. The van der Waals surface area contributed by atoms with Gasteiger partial charge in [0.15, 0.2) is 5.78 Å². The molecule has 314 valence electrons. The summed E-state index contributed by atoms with van der Waals surface area (Å²) in [5.74, 6) is 12.0. The van der Waals surface area contributed by atoms with Crippen molar-refractivity contribution in [1.82, 2.24) is 0 Å². The van der Waals surface area contributed by atoms with Gasteiger partial charge in [0, 0.05) is 30.3 Å². The molecule has 2 aromatic rings. The van der Waals surface area contributed by atoms with Crippen molar-refractivity contribution in [2.24, 2.45) is 46.3 Å². The van der Waals surface area contributed by atoms with Crippen molar-refractivity contribution >= 4 is 5.78 Å². The lowest BCUT2D eigenvalue weighted by Gasteiger charge is -2.64. The van der Waals surface area contributed by atoms with Crippen LogP contribution in [-0.4, -0.2) is 87.8 Å². The quantitative estimate of drug-likeness (QED) is 0.255. The normalized spacial score (nSPS) is 45.1. The number of hydrogen-bond acceptors (Lipinski definition) is 8. The Morgan fingerprint density at radius 1 is 0.864 bits per heavy atom. The van der Waals surface area contributed by atoms with Crippen molar-refractivity contribution in [3.05, 3.63) is 83.4 Å². The number of aliphatic hydroxyl groups excluding tert-OH is 3. The topological polar surface area (TPSA) is 126 Å². The van der Waals surface area contributed by atoms with Gasteiger partial charge in [0.1, 0.15) is 18.8 Å². The van der Waals surface area contributed by atoms with E-state index in [1.54, 1.807) is 6.92 Å². The van der Waals surface area contributed by atoms with Gasteiger partial charge >= 0.3 is 0 Å². The first-order valence-corrected chi connectivity index (χ1v) is 22.3. The smallest absolute Gasteiger partial charge is 0.159 e. The number of allylic oxidation sites excluding steroid dienone is 1. The van der Waals surface area contributed by atoms with Gasteiger partial charge in [-0.05, 0) is 117 Å². The van der Waals surface area contributed by atoms with E-state index >= 15 is 0 Å². The molecule has 4 aliphatic carbocycles. The van der Waals surface area contributed by atoms with Gasteiger partial charge in [-0.3, -0.25) is 4.79 Å². The first-order valence-electron chi connectivity index (χ1n) is 22.3. The molecule has 9 aliphatic rings. The molecule has 0 aromatic heterocycles. The molecule has 16 atom stereocenters. The zero-order valence-electron chi connectivity index (χ0n) is 34.9. The molecule has 11 rings (SSSR count). The molecule has 5 heterocycles. The van der Waals surface area contributed by atoms with Gasteiger partial charge in [0.25, 0.3) is 0 Å². The summed E-state index contributed by atoms with van der Waals surface area (Å²) < 4.78 is 20.5. The van der Waals surface area contributed by atoms with Crippen molar-refractivity contribution in [3.8, 4) is 23.7 Å². The van der Waals surface area contributed by atoms with Crippen LogP contribution in [0.1, 0.15) is 95.6 Å². The van der Waals surface area contributed by atoms with Crippen LogP contribution in [0.25, 0.3) is 0 Å². The zero-order valence-corrected chi connectivity index (χ0v) is 34.9. The third-order valence-electron chi connectivity index (χ3n) is 17.0. The highest BCUT2D eigenvalue weighted by Crippen LogP contribution is 2.72. The van der Waals surface area contributed by atoms with Gasteiger partial charge in [0.2, 0.25) is 0 Å². The van der Waals surface area contributed by atoms with E-state index in [4.69, 9.17) is 14.2 Å². The standard InChI is InChI=1S/C51H62O8/c1-48-24-22-36-28-41(48)43(54)29-40-39(48)27-35-19-11-21-42(53)45-37(20-10-15-32-13-6-4-7-14-32)38(30-52)46(59-45)47(55)50(3,56)44-23-25-51(40,49(35,44)2)58-26-12-18-34(31-57-36)33-16-8-5-9-17-33/h4-9,13-14,16-17,29,34-39,41-42,44-47,52-53,55-56H,10,15,19-20,22-28,30-31H2,1-3H3/t34-,35-,36+,37-,38-,39+,41+,42-,44+,45+,46+,47-,48-,49-,50+,51-/m1/s1. The average molecular weight is 803 g/mol. The molecule has 0 amide bonds. The van der Waals surface area contributed by atoms with Gasteiger partial charge in [-0.2, -0.15) is 0 Å². The third kappa shape index (κ3) is 6.69. The Balaban J connectivity index is 1.13. The molecule has 5 aliphatic heterocycles. The Morgan fingerprint density at radius 2 is 1.63 bits per heavy atom. The van der Waals surface area contributed by atoms with Crippen molar-refractivity contribution in [2.45, 2.75) is 133 Å². The van der Waals surface area contributed by atoms with Crippen LogP contribution in [0.4, 0.5) is 0 Å². The minimum absolute atomic E-state index is 0.0364. The summed E-state index contributed by atoms with van der Waals surface area (Å²) >= 11 is 0. The molecule has 1 spiro atoms. The van der Waals surface area contributed by atoms with E-state index < -0.39 is 52.9 Å². The van der Waals surface area contributed by atoms with Gasteiger partial charge < -0.3 is 34.6 Å². The maximum atomic E-state index is 14.6. The van der Waals surface area contributed by atoms with Gasteiger partial charge in [0.05, 0.1) is 42.0 Å². The minimum atomic E-state index is -1.68. The number of carbonyl (C=O) groups is 1. The van der Waals surface area contributed by atoms with Gasteiger partial charge in [-0.25, -0.2) is 0 Å². The number of rotatable bonds is 6. The van der Waals surface area contributed by atoms with Crippen molar-refractivity contribution in [3.63, 3.8) is 0 Å². The summed E-state index contributed by atoms with van der Waals surface area (Å²) in [7, 11) is 0. The number of benzene rings is 2. The lowest BCUT2D eigenvalue weighted by molar-refractivity contribution is -0.220. The molecular formula is C51H62O8. The van der Waals surface area contributed by atoms with E-state index in [2.05, 4.69) is 61.8 Å². The summed E-state index contributed by atoms with van der Waals surface area (Å²) in [6, 6.07) is 20.5. The molecule has 2 aromatic carbocycles. The van der Waals surface area contributed by atoms with Crippen LogP contribution in [-0.2, 0) is 25.4 Å². The molecule has 0 unspecified atom stereocenters. The van der Waals surface area contributed by atoms with E-state index in [0.29, 0.717) is 38.7 Å². The van der Waals surface area contributed by atoms with E-state index in [1.807, 2.05) is 42.5 Å². The largest absolute Gasteiger partial charge is 0.396 e. The Labute approximate surface area is 350 Å².